The number of likely N-dealkylation sites (tertiary alicyclic amines) is 1. The molecule has 3 rings (SSSR count). The average Bonchev–Trinajstić information content (AvgIpc) is 2.93. The minimum atomic E-state index is 0. The van der Waals surface area contributed by atoms with Crippen molar-refractivity contribution in [3.8, 4) is 5.75 Å². The van der Waals surface area contributed by atoms with Crippen LogP contribution in [0.1, 0.15) is 19.3 Å². The summed E-state index contributed by atoms with van der Waals surface area (Å²) in [4.78, 5) is 14.5. The average molecular weight is 425 g/mol. The first-order chi connectivity index (χ1) is 11.7. The molecule has 0 saturated carbocycles. The van der Waals surface area contributed by atoms with E-state index in [1.54, 1.807) is 13.2 Å². The van der Waals surface area contributed by atoms with Gasteiger partial charge in [0.25, 0.3) is 0 Å². The molecule has 0 bridgehead atoms. The molecular weight excluding hydrogens is 397 g/mol. The van der Waals surface area contributed by atoms with Crippen LogP contribution in [0.4, 0.5) is 5.69 Å². The Labute approximate surface area is 173 Å². The molecule has 2 atom stereocenters. The van der Waals surface area contributed by atoms with Gasteiger partial charge in [-0.3, -0.25) is 4.79 Å². The van der Waals surface area contributed by atoms with Crippen molar-refractivity contribution >= 4 is 48.0 Å². The van der Waals surface area contributed by atoms with Gasteiger partial charge < -0.3 is 20.3 Å². The van der Waals surface area contributed by atoms with Gasteiger partial charge >= 0.3 is 0 Å². The third-order valence-electron chi connectivity index (χ3n) is 5.19. The molecule has 0 radical (unpaired) electrons. The largest absolute Gasteiger partial charge is 0.495 e. The number of hydrogen-bond acceptors (Lipinski definition) is 4. The number of anilines is 1. The van der Waals surface area contributed by atoms with E-state index in [9.17, 15) is 4.79 Å². The van der Waals surface area contributed by atoms with Gasteiger partial charge in [-0.05, 0) is 56.0 Å². The Morgan fingerprint density at radius 2 is 1.92 bits per heavy atom. The van der Waals surface area contributed by atoms with Crippen molar-refractivity contribution in [3.05, 3.63) is 23.2 Å². The Morgan fingerprint density at radius 1 is 1.27 bits per heavy atom. The molecule has 26 heavy (non-hydrogen) atoms. The minimum absolute atomic E-state index is 0. The fourth-order valence-electron chi connectivity index (χ4n) is 3.75. The molecule has 2 saturated heterocycles. The molecule has 2 aliphatic rings. The number of carbonyl (C=O) groups is 1. The fraction of sp³-hybridized carbons (Fsp3) is 0.611. The maximum absolute atomic E-state index is 12.5. The van der Waals surface area contributed by atoms with E-state index < -0.39 is 0 Å². The molecule has 148 valence electrons. The van der Waals surface area contributed by atoms with Crippen LogP contribution in [0.3, 0.4) is 0 Å². The summed E-state index contributed by atoms with van der Waals surface area (Å²) in [6, 6.07) is 5.44. The standard InChI is InChI=1S/C18H26ClN3O2.2ClH/c1-24-17-3-2-15(19)10-16(17)21-7-4-18(23)22-8-5-13-11-20-12-14(13)6-9-22;;/h2-3,10,13-14,20-21H,4-9,11-12H2,1H3;2*1H/t13-,14+;;. The smallest absolute Gasteiger partial charge is 0.224 e. The van der Waals surface area contributed by atoms with E-state index in [2.05, 4.69) is 10.6 Å². The summed E-state index contributed by atoms with van der Waals surface area (Å²) in [5, 5.41) is 7.38. The van der Waals surface area contributed by atoms with Gasteiger partial charge in [0.2, 0.25) is 5.91 Å². The summed E-state index contributed by atoms with van der Waals surface area (Å²) in [5.74, 6) is 2.46. The lowest BCUT2D eigenvalue weighted by atomic mass is 9.92. The summed E-state index contributed by atoms with van der Waals surface area (Å²) in [6.45, 7) is 4.59. The lowest BCUT2D eigenvalue weighted by Gasteiger charge is -2.21. The molecule has 5 nitrogen and oxygen atoms in total. The molecule has 2 aliphatic heterocycles. The summed E-state index contributed by atoms with van der Waals surface area (Å²) in [7, 11) is 1.63. The number of rotatable bonds is 5. The maximum atomic E-state index is 12.5. The van der Waals surface area contributed by atoms with E-state index in [1.165, 1.54) is 0 Å². The van der Waals surface area contributed by atoms with Crippen LogP contribution in [0.5, 0.6) is 5.75 Å². The third kappa shape index (κ3) is 5.81. The van der Waals surface area contributed by atoms with Crippen LogP contribution in [-0.4, -0.2) is 50.6 Å². The number of nitrogens with one attached hydrogen (secondary N) is 2. The number of hydrogen-bond donors (Lipinski definition) is 2. The van der Waals surface area contributed by atoms with Crippen molar-refractivity contribution in [1.82, 2.24) is 10.2 Å². The molecule has 1 aromatic carbocycles. The van der Waals surface area contributed by atoms with E-state index in [1.807, 2.05) is 17.0 Å². The Kier molecular flexibility index (Phi) is 9.86. The monoisotopic (exact) mass is 423 g/mol. The first-order valence-electron chi connectivity index (χ1n) is 8.73. The second-order valence-corrected chi connectivity index (χ2v) is 7.09. The van der Waals surface area contributed by atoms with Gasteiger partial charge in [-0.25, -0.2) is 0 Å². The number of ether oxygens (including phenoxy) is 1. The molecule has 0 unspecified atom stereocenters. The zero-order chi connectivity index (χ0) is 16.9. The van der Waals surface area contributed by atoms with E-state index in [0.29, 0.717) is 18.0 Å². The zero-order valence-electron chi connectivity index (χ0n) is 15.0. The van der Waals surface area contributed by atoms with Crippen LogP contribution < -0.4 is 15.4 Å². The number of benzene rings is 1. The van der Waals surface area contributed by atoms with Crippen molar-refractivity contribution < 1.29 is 9.53 Å². The Balaban J connectivity index is 0.00000169. The van der Waals surface area contributed by atoms with E-state index >= 15 is 0 Å². The highest BCUT2D eigenvalue weighted by atomic mass is 35.5. The van der Waals surface area contributed by atoms with Gasteiger partial charge in [0.05, 0.1) is 12.8 Å². The maximum Gasteiger partial charge on any atom is 0.224 e. The van der Waals surface area contributed by atoms with Crippen LogP contribution in [0.15, 0.2) is 18.2 Å². The molecule has 2 fully saturated rings. The van der Waals surface area contributed by atoms with Crippen molar-refractivity contribution in [1.29, 1.82) is 0 Å². The highest BCUT2D eigenvalue weighted by molar-refractivity contribution is 6.30. The number of fused-ring (bicyclic) bond motifs is 1. The molecule has 8 heteroatoms. The van der Waals surface area contributed by atoms with Gasteiger partial charge in [-0.1, -0.05) is 11.6 Å². The van der Waals surface area contributed by atoms with E-state index in [0.717, 1.165) is 62.3 Å². The number of amides is 1. The first kappa shape index (κ1) is 23.2. The second-order valence-electron chi connectivity index (χ2n) is 6.66. The third-order valence-corrected chi connectivity index (χ3v) is 5.42. The molecule has 1 aromatic rings. The normalized spacial score (nSPS) is 21.7. The summed E-state index contributed by atoms with van der Waals surface area (Å²) in [6.07, 6.45) is 2.74. The zero-order valence-corrected chi connectivity index (χ0v) is 17.4. The summed E-state index contributed by atoms with van der Waals surface area (Å²) < 4.78 is 5.31. The van der Waals surface area contributed by atoms with Gasteiger partial charge in [-0.2, -0.15) is 0 Å². The summed E-state index contributed by atoms with van der Waals surface area (Å²) >= 11 is 6.03. The number of nitrogens with zero attached hydrogens (tertiary/aromatic N) is 1. The van der Waals surface area contributed by atoms with Crippen LogP contribution in [0, 0.1) is 11.8 Å². The van der Waals surface area contributed by atoms with Gasteiger partial charge in [0, 0.05) is 31.1 Å². The Hall–Kier alpha value is -0.880. The van der Waals surface area contributed by atoms with Crippen LogP contribution >= 0.6 is 36.4 Å². The molecule has 0 aromatic heterocycles. The molecular formula is C18H28Cl3N3O2. The number of halogens is 3. The van der Waals surface area contributed by atoms with E-state index in [-0.39, 0.29) is 30.7 Å². The van der Waals surface area contributed by atoms with Crippen molar-refractivity contribution in [2.24, 2.45) is 11.8 Å². The molecule has 2 N–H and O–H groups in total. The van der Waals surface area contributed by atoms with Crippen LogP contribution in [0.25, 0.3) is 0 Å². The number of methoxy groups -OCH3 is 1. The molecule has 1 amide bonds. The quantitative estimate of drug-likeness (QED) is 0.760. The van der Waals surface area contributed by atoms with Crippen LogP contribution in [-0.2, 0) is 4.79 Å². The van der Waals surface area contributed by atoms with Crippen LogP contribution in [0.2, 0.25) is 5.02 Å². The minimum Gasteiger partial charge on any atom is -0.495 e. The number of carbonyl (C=O) groups excluding carboxylic acids is 1. The van der Waals surface area contributed by atoms with Crippen molar-refractivity contribution in [2.75, 3.05) is 45.2 Å². The van der Waals surface area contributed by atoms with E-state index in [4.69, 9.17) is 16.3 Å². The second kappa shape index (κ2) is 11.1. The highest BCUT2D eigenvalue weighted by Gasteiger charge is 2.31. The van der Waals surface area contributed by atoms with Crippen molar-refractivity contribution in [3.63, 3.8) is 0 Å². The lowest BCUT2D eigenvalue weighted by molar-refractivity contribution is -0.130. The first-order valence-corrected chi connectivity index (χ1v) is 9.11. The molecule has 0 spiro atoms. The SMILES string of the molecule is COc1ccc(Cl)cc1NCCC(=O)N1CC[C@@H]2CNC[C@@H]2CC1.Cl.Cl. The molecule has 0 aliphatic carbocycles. The van der Waals surface area contributed by atoms with Gasteiger partial charge in [0.1, 0.15) is 5.75 Å². The Morgan fingerprint density at radius 3 is 2.54 bits per heavy atom. The lowest BCUT2D eigenvalue weighted by Crippen LogP contribution is -2.33. The fourth-order valence-corrected chi connectivity index (χ4v) is 3.92. The highest BCUT2D eigenvalue weighted by Crippen LogP contribution is 2.28. The summed E-state index contributed by atoms with van der Waals surface area (Å²) in [5.41, 5.74) is 0.828. The predicted molar refractivity (Wildman–Crippen MR) is 111 cm³/mol. The topological polar surface area (TPSA) is 53.6 Å². The van der Waals surface area contributed by atoms with Crippen molar-refractivity contribution in [2.45, 2.75) is 19.3 Å². The van der Waals surface area contributed by atoms with Gasteiger partial charge in [0.15, 0.2) is 0 Å². The Bertz CT molecular complexity index is 575. The van der Waals surface area contributed by atoms with Gasteiger partial charge in [-0.15, -0.1) is 24.8 Å². The molecule has 2 heterocycles. The predicted octanol–water partition coefficient (Wildman–Crippen LogP) is 3.45.